The van der Waals surface area contributed by atoms with Gasteiger partial charge in [0.05, 0.1) is 36.0 Å². The van der Waals surface area contributed by atoms with Crippen LogP contribution < -0.4 is 5.32 Å². The first-order valence-corrected chi connectivity index (χ1v) is 17.6. The van der Waals surface area contributed by atoms with Gasteiger partial charge in [0.25, 0.3) is 5.91 Å². The molecule has 1 saturated heterocycles. The molecule has 256 valence electrons. The zero-order valence-corrected chi connectivity index (χ0v) is 28.3. The molecule has 1 aliphatic heterocycles. The number of aliphatic hydroxyl groups excluding tert-OH is 1. The number of para-hydroxylation sites is 2. The molecule has 50 heavy (non-hydrogen) atoms. The average molecular weight is 669 g/mol. The maximum absolute atomic E-state index is 12.9. The number of ether oxygens (including phenoxy) is 2. The third kappa shape index (κ3) is 8.01. The summed E-state index contributed by atoms with van der Waals surface area (Å²) >= 11 is 0. The molecule has 1 saturated carbocycles. The number of nitrogens with one attached hydrogen (secondary N) is 1. The minimum atomic E-state index is -0.515. The fraction of sp³-hybridized carbons (Fsp3) is 0.310. The minimum Gasteiger partial charge on any atom is -0.392 e. The summed E-state index contributed by atoms with van der Waals surface area (Å²) in [7, 11) is 0. The van der Waals surface area contributed by atoms with E-state index in [0.29, 0.717) is 23.8 Å². The quantitative estimate of drug-likeness (QED) is 0.132. The van der Waals surface area contributed by atoms with E-state index in [2.05, 4.69) is 75.3 Å². The normalized spacial score (nSPS) is 19.5. The number of aliphatic hydroxyl groups is 1. The smallest absolute Gasteiger partial charge is 0.271 e. The molecule has 0 bridgehead atoms. The number of rotatable bonds is 12. The van der Waals surface area contributed by atoms with Gasteiger partial charge in [-0.1, -0.05) is 97.8 Å². The van der Waals surface area contributed by atoms with Crippen molar-refractivity contribution in [2.45, 2.75) is 69.8 Å². The van der Waals surface area contributed by atoms with Crippen molar-refractivity contribution in [3.8, 4) is 11.1 Å². The van der Waals surface area contributed by atoms with Gasteiger partial charge >= 0.3 is 0 Å². The van der Waals surface area contributed by atoms with E-state index in [9.17, 15) is 9.90 Å². The third-order valence-corrected chi connectivity index (χ3v) is 9.84. The van der Waals surface area contributed by atoms with Crippen LogP contribution in [-0.4, -0.2) is 51.1 Å². The fourth-order valence-electron chi connectivity index (χ4n) is 7.14. The molecule has 2 fully saturated rings. The summed E-state index contributed by atoms with van der Waals surface area (Å²) in [6.45, 7) is 6.10. The first-order chi connectivity index (χ1) is 24.6. The minimum absolute atomic E-state index is 0.0102. The zero-order valence-electron chi connectivity index (χ0n) is 28.3. The number of nitrogens with zero attached hydrogens (tertiary/aromatic N) is 3. The Hall–Kier alpha value is -4.73. The second kappa shape index (κ2) is 15.9. The average Bonchev–Trinajstić information content (AvgIpc) is 3.72. The molecule has 2 heterocycles. The van der Waals surface area contributed by atoms with Crippen molar-refractivity contribution < 1.29 is 19.4 Å². The molecule has 1 aromatic heterocycles. The van der Waals surface area contributed by atoms with E-state index >= 15 is 0 Å². The molecular formula is C42H44N4O4. The summed E-state index contributed by atoms with van der Waals surface area (Å²) in [6.07, 6.45) is 8.61. The highest BCUT2D eigenvalue weighted by Gasteiger charge is 2.34. The van der Waals surface area contributed by atoms with Gasteiger partial charge in [0.15, 0.2) is 6.29 Å². The SMILES string of the molecule is C=CCN(CC1CC(c2ccc(CO)cc2)OC(c2ccc(-c3cccc(CNC(=O)c4cnc5ccccc5n4)c3)cc2)O1)C1CCCC1. The van der Waals surface area contributed by atoms with Crippen molar-refractivity contribution in [3.63, 3.8) is 0 Å². The standard InChI is InChI=1S/C42H44N4O4/c1-2-22-46(35-10-3-4-11-35)27-36-24-40(32-16-14-29(28-47)15-17-32)50-42(49-36)33-20-18-31(19-21-33)34-9-7-8-30(23-34)25-44-41(48)39-26-43-37-12-5-6-13-38(37)45-39/h2,5-9,12-21,23,26,35-36,40,42,47H,1,3-4,10-11,22,24-25,27-28H2,(H,44,48). The van der Waals surface area contributed by atoms with Crippen molar-refractivity contribution in [3.05, 3.63) is 144 Å². The molecule has 2 N–H and O–H groups in total. The molecule has 1 amide bonds. The van der Waals surface area contributed by atoms with Crippen LogP contribution in [0.4, 0.5) is 0 Å². The van der Waals surface area contributed by atoms with Crippen molar-refractivity contribution in [1.29, 1.82) is 0 Å². The van der Waals surface area contributed by atoms with E-state index in [1.165, 1.54) is 31.9 Å². The Kier molecular flexibility index (Phi) is 10.7. The number of aromatic nitrogens is 2. The van der Waals surface area contributed by atoms with Crippen LogP contribution >= 0.6 is 0 Å². The van der Waals surface area contributed by atoms with Crippen LogP contribution in [-0.2, 0) is 22.6 Å². The van der Waals surface area contributed by atoms with Gasteiger partial charge < -0.3 is 19.9 Å². The van der Waals surface area contributed by atoms with E-state index < -0.39 is 6.29 Å². The van der Waals surface area contributed by atoms with Gasteiger partial charge in [-0.2, -0.15) is 0 Å². The monoisotopic (exact) mass is 668 g/mol. The van der Waals surface area contributed by atoms with Crippen molar-refractivity contribution >= 4 is 16.9 Å². The van der Waals surface area contributed by atoms with Crippen molar-refractivity contribution in [2.75, 3.05) is 13.1 Å². The van der Waals surface area contributed by atoms with Crippen LogP contribution in [0.1, 0.15) is 77.2 Å². The number of carbonyl (C=O) groups is 1. The molecule has 4 aromatic carbocycles. The Morgan fingerprint density at radius 1 is 0.880 bits per heavy atom. The summed E-state index contributed by atoms with van der Waals surface area (Å²) in [4.78, 5) is 24.2. The zero-order chi connectivity index (χ0) is 34.3. The summed E-state index contributed by atoms with van der Waals surface area (Å²) < 4.78 is 13.3. The van der Waals surface area contributed by atoms with Crippen LogP contribution in [0.5, 0.6) is 0 Å². The first-order valence-electron chi connectivity index (χ1n) is 17.6. The van der Waals surface area contributed by atoms with Gasteiger partial charge in [0.1, 0.15) is 5.69 Å². The van der Waals surface area contributed by atoms with Crippen molar-refractivity contribution in [2.24, 2.45) is 0 Å². The van der Waals surface area contributed by atoms with E-state index in [4.69, 9.17) is 9.47 Å². The van der Waals surface area contributed by atoms with Gasteiger partial charge in [-0.3, -0.25) is 14.7 Å². The molecule has 2 aliphatic rings. The number of benzene rings is 4. The predicted molar refractivity (Wildman–Crippen MR) is 195 cm³/mol. The van der Waals surface area contributed by atoms with Crippen LogP contribution in [0.25, 0.3) is 22.2 Å². The van der Waals surface area contributed by atoms with Gasteiger partial charge in [-0.15, -0.1) is 6.58 Å². The Balaban J connectivity index is 1.05. The molecule has 1 aliphatic carbocycles. The van der Waals surface area contributed by atoms with Crippen LogP contribution in [0.3, 0.4) is 0 Å². The van der Waals surface area contributed by atoms with Crippen LogP contribution in [0.2, 0.25) is 0 Å². The molecule has 5 aromatic rings. The second-order valence-corrected chi connectivity index (χ2v) is 13.3. The lowest BCUT2D eigenvalue weighted by atomic mass is 9.98. The summed E-state index contributed by atoms with van der Waals surface area (Å²) in [5, 5.41) is 12.6. The number of fused-ring (bicyclic) bond motifs is 1. The van der Waals surface area contributed by atoms with Gasteiger partial charge in [0, 0.05) is 37.7 Å². The van der Waals surface area contributed by atoms with E-state index in [1.54, 1.807) is 0 Å². The van der Waals surface area contributed by atoms with Crippen LogP contribution in [0.15, 0.2) is 116 Å². The number of hydrogen-bond acceptors (Lipinski definition) is 7. The molecule has 8 heteroatoms. The summed E-state index contributed by atoms with van der Waals surface area (Å²) in [6, 6.07) is 32.7. The highest BCUT2D eigenvalue weighted by Crippen LogP contribution is 2.39. The van der Waals surface area contributed by atoms with E-state index in [-0.39, 0.29) is 24.7 Å². The van der Waals surface area contributed by atoms with Gasteiger partial charge in [0.2, 0.25) is 0 Å². The van der Waals surface area contributed by atoms with Crippen LogP contribution in [0, 0.1) is 0 Å². The van der Waals surface area contributed by atoms with Gasteiger partial charge in [-0.25, -0.2) is 4.98 Å². The lowest BCUT2D eigenvalue weighted by molar-refractivity contribution is -0.253. The van der Waals surface area contributed by atoms with Crippen molar-refractivity contribution in [1.82, 2.24) is 20.2 Å². The molecule has 0 spiro atoms. The Morgan fingerprint density at radius 2 is 1.64 bits per heavy atom. The third-order valence-electron chi connectivity index (χ3n) is 9.84. The second-order valence-electron chi connectivity index (χ2n) is 13.3. The molecule has 3 unspecified atom stereocenters. The number of amides is 1. The highest BCUT2D eigenvalue weighted by molar-refractivity contribution is 5.93. The molecule has 7 rings (SSSR count). The van der Waals surface area contributed by atoms with Gasteiger partial charge in [-0.05, 0) is 58.9 Å². The Bertz CT molecular complexity index is 1910. The van der Waals surface area contributed by atoms with E-state index in [1.807, 2.05) is 54.6 Å². The number of carbonyl (C=O) groups excluding carboxylic acids is 1. The number of hydrogen-bond donors (Lipinski definition) is 2. The Morgan fingerprint density at radius 3 is 2.40 bits per heavy atom. The predicted octanol–water partition coefficient (Wildman–Crippen LogP) is 7.70. The summed E-state index contributed by atoms with van der Waals surface area (Å²) in [5.41, 5.74) is 7.77. The lowest BCUT2D eigenvalue weighted by Gasteiger charge is -2.39. The Labute approximate surface area is 293 Å². The molecular weight excluding hydrogens is 624 g/mol. The molecule has 3 atom stereocenters. The van der Waals surface area contributed by atoms with E-state index in [0.717, 1.165) is 58.4 Å². The highest BCUT2D eigenvalue weighted by atomic mass is 16.7. The molecule has 0 radical (unpaired) electrons. The molecule has 8 nitrogen and oxygen atoms in total. The lowest BCUT2D eigenvalue weighted by Crippen LogP contribution is -2.43. The maximum atomic E-state index is 12.9. The topological polar surface area (TPSA) is 96.8 Å². The fourth-order valence-corrected chi connectivity index (χ4v) is 7.14. The summed E-state index contributed by atoms with van der Waals surface area (Å²) in [5.74, 6) is -0.262. The maximum Gasteiger partial charge on any atom is 0.271 e. The first kappa shape index (κ1) is 33.8. The largest absolute Gasteiger partial charge is 0.392 e.